The van der Waals surface area contributed by atoms with Crippen molar-refractivity contribution in [1.29, 1.82) is 0 Å². The van der Waals surface area contributed by atoms with E-state index < -0.39 is 0 Å². The third-order valence-electron chi connectivity index (χ3n) is 2.68. The maximum absolute atomic E-state index is 11.7. The third-order valence-corrected chi connectivity index (χ3v) is 2.68. The number of hydrogen-bond acceptors (Lipinski definition) is 3. The molecule has 0 aliphatic heterocycles. The fraction of sp³-hybridized carbons (Fsp3) is 0.455. The number of carbonyl (C=O) groups excluding carboxylic acids is 1. The molecule has 0 radical (unpaired) electrons. The van der Waals surface area contributed by atoms with E-state index in [-0.39, 0.29) is 11.7 Å². The zero-order valence-electron chi connectivity index (χ0n) is 8.41. The van der Waals surface area contributed by atoms with Crippen LogP contribution in [0.4, 0.5) is 0 Å². The first kappa shape index (κ1) is 9.19. The van der Waals surface area contributed by atoms with Gasteiger partial charge in [0.2, 0.25) is 5.88 Å². The molecule has 1 aliphatic carbocycles. The maximum atomic E-state index is 11.7. The molecule has 0 N–H and O–H groups in total. The monoisotopic (exact) mass is 191 g/mol. The summed E-state index contributed by atoms with van der Waals surface area (Å²) in [6, 6.07) is 3.56. The first-order chi connectivity index (χ1) is 6.72. The summed E-state index contributed by atoms with van der Waals surface area (Å²) in [7, 11) is 1.59. The van der Waals surface area contributed by atoms with Gasteiger partial charge >= 0.3 is 0 Å². The molecule has 14 heavy (non-hydrogen) atoms. The highest BCUT2D eigenvalue weighted by molar-refractivity contribution is 5.99. The van der Waals surface area contributed by atoms with Gasteiger partial charge in [-0.05, 0) is 18.9 Å². The van der Waals surface area contributed by atoms with E-state index in [1.807, 2.05) is 13.0 Å². The van der Waals surface area contributed by atoms with Gasteiger partial charge in [-0.2, -0.15) is 0 Å². The fourth-order valence-corrected chi connectivity index (χ4v) is 1.76. The summed E-state index contributed by atoms with van der Waals surface area (Å²) in [6.45, 7) is 1.97. The number of nitrogens with zero attached hydrogens (tertiary/aromatic N) is 1. The Balaban J connectivity index is 2.44. The maximum Gasteiger partial charge on any atom is 0.213 e. The zero-order valence-corrected chi connectivity index (χ0v) is 8.41. The van der Waals surface area contributed by atoms with Gasteiger partial charge < -0.3 is 4.74 Å². The zero-order chi connectivity index (χ0) is 10.1. The first-order valence-corrected chi connectivity index (χ1v) is 4.80. The second kappa shape index (κ2) is 3.40. The summed E-state index contributed by atoms with van der Waals surface area (Å²) in [4.78, 5) is 16.0. The lowest BCUT2D eigenvalue weighted by molar-refractivity contribution is 0.0912. The van der Waals surface area contributed by atoms with Crippen molar-refractivity contribution >= 4 is 5.78 Å². The van der Waals surface area contributed by atoms with E-state index in [4.69, 9.17) is 4.74 Å². The molecule has 0 amide bonds. The van der Waals surface area contributed by atoms with Gasteiger partial charge in [-0.3, -0.25) is 4.79 Å². The molecule has 1 heterocycles. The molecular formula is C11H13NO2. The lowest BCUT2D eigenvalue weighted by Crippen LogP contribution is -2.21. The third kappa shape index (κ3) is 1.39. The number of aryl methyl sites for hydroxylation is 1. The second-order valence-corrected chi connectivity index (χ2v) is 3.65. The van der Waals surface area contributed by atoms with Gasteiger partial charge in [0.05, 0.1) is 12.8 Å². The predicted molar refractivity (Wildman–Crippen MR) is 52.6 cm³/mol. The summed E-state index contributed by atoms with van der Waals surface area (Å²) < 4.78 is 5.02. The topological polar surface area (TPSA) is 39.2 Å². The molecule has 1 atom stereocenters. The molecular weight excluding hydrogens is 178 g/mol. The van der Waals surface area contributed by atoms with Crippen LogP contribution in [-0.4, -0.2) is 17.9 Å². The largest absolute Gasteiger partial charge is 0.481 e. The SMILES string of the molecule is COc1ccc2c(n1)CCC(C)C2=O. The number of carbonyl (C=O) groups is 1. The highest BCUT2D eigenvalue weighted by atomic mass is 16.5. The van der Waals surface area contributed by atoms with Crippen molar-refractivity contribution in [2.24, 2.45) is 5.92 Å². The second-order valence-electron chi connectivity index (χ2n) is 3.65. The quantitative estimate of drug-likeness (QED) is 0.680. The molecule has 1 unspecified atom stereocenters. The van der Waals surface area contributed by atoms with Crippen LogP contribution in [0.15, 0.2) is 12.1 Å². The molecule has 0 aromatic carbocycles. The average Bonchev–Trinajstić information content (AvgIpc) is 2.23. The van der Waals surface area contributed by atoms with Gasteiger partial charge in [0.25, 0.3) is 0 Å². The molecule has 1 aromatic heterocycles. The van der Waals surface area contributed by atoms with Crippen LogP contribution in [0.2, 0.25) is 0 Å². The minimum absolute atomic E-state index is 0.137. The van der Waals surface area contributed by atoms with Crippen molar-refractivity contribution in [3.63, 3.8) is 0 Å². The molecule has 0 bridgehead atoms. The first-order valence-electron chi connectivity index (χ1n) is 4.80. The Morgan fingerprint density at radius 1 is 1.50 bits per heavy atom. The number of rotatable bonds is 1. The van der Waals surface area contributed by atoms with Gasteiger partial charge in [0.1, 0.15) is 0 Å². The van der Waals surface area contributed by atoms with Gasteiger partial charge in [-0.25, -0.2) is 4.98 Å². The Kier molecular flexibility index (Phi) is 2.23. The fourth-order valence-electron chi connectivity index (χ4n) is 1.76. The van der Waals surface area contributed by atoms with E-state index in [2.05, 4.69) is 4.98 Å². The molecule has 2 rings (SSSR count). The summed E-state index contributed by atoms with van der Waals surface area (Å²) in [5.74, 6) is 0.935. The predicted octanol–water partition coefficient (Wildman–Crippen LogP) is 1.86. The number of methoxy groups -OCH3 is 1. The molecule has 1 aromatic rings. The van der Waals surface area contributed by atoms with Gasteiger partial charge in [0.15, 0.2) is 5.78 Å². The highest BCUT2D eigenvalue weighted by Crippen LogP contribution is 2.25. The molecule has 3 heteroatoms. The van der Waals surface area contributed by atoms with Crippen molar-refractivity contribution < 1.29 is 9.53 Å². The number of aromatic nitrogens is 1. The highest BCUT2D eigenvalue weighted by Gasteiger charge is 2.24. The van der Waals surface area contributed by atoms with E-state index >= 15 is 0 Å². The Morgan fingerprint density at radius 2 is 2.29 bits per heavy atom. The molecule has 3 nitrogen and oxygen atoms in total. The number of Topliss-reactive ketones (excluding diaryl/α,β-unsaturated/α-hetero) is 1. The van der Waals surface area contributed by atoms with Crippen molar-refractivity contribution in [3.8, 4) is 5.88 Å². The van der Waals surface area contributed by atoms with Crippen molar-refractivity contribution in [3.05, 3.63) is 23.4 Å². The summed E-state index contributed by atoms with van der Waals surface area (Å²) in [5, 5.41) is 0. The summed E-state index contributed by atoms with van der Waals surface area (Å²) >= 11 is 0. The minimum Gasteiger partial charge on any atom is -0.481 e. The van der Waals surface area contributed by atoms with Crippen LogP contribution >= 0.6 is 0 Å². The Hall–Kier alpha value is -1.38. The van der Waals surface area contributed by atoms with E-state index in [0.29, 0.717) is 5.88 Å². The Morgan fingerprint density at radius 3 is 3.00 bits per heavy atom. The van der Waals surface area contributed by atoms with Crippen molar-refractivity contribution in [1.82, 2.24) is 4.98 Å². The molecule has 1 aliphatic rings. The van der Waals surface area contributed by atoms with Gasteiger partial charge in [-0.1, -0.05) is 6.92 Å². The van der Waals surface area contributed by atoms with Gasteiger partial charge in [-0.15, -0.1) is 0 Å². The summed E-state index contributed by atoms with van der Waals surface area (Å²) in [6.07, 6.45) is 1.77. The van der Waals surface area contributed by atoms with Gasteiger partial charge in [0, 0.05) is 17.5 Å². The van der Waals surface area contributed by atoms with E-state index in [9.17, 15) is 4.79 Å². The Bertz CT molecular complexity index is 374. The minimum atomic E-state index is 0.137. The van der Waals surface area contributed by atoms with Crippen LogP contribution in [0.5, 0.6) is 5.88 Å². The average molecular weight is 191 g/mol. The van der Waals surface area contributed by atoms with Crippen LogP contribution < -0.4 is 4.74 Å². The number of hydrogen-bond donors (Lipinski definition) is 0. The molecule has 74 valence electrons. The summed E-state index contributed by atoms with van der Waals surface area (Å²) in [5.41, 5.74) is 1.65. The lowest BCUT2D eigenvalue weighted by atomic mass is 9.87. The van der Waals surface area contributed by atoms with Crippen LogP contribution in [0, 0.1) is 5.92 Å². The number of ketones is 1. The standard InChI is InChI=1S/C11H13NO2/c1-7-3-5-9-8(11(7)13)4-6-10(12-9)14-2/h4,6-7H,3,5H2,1-2H3. The van der Waals surface area contributed by atoms with Crippen LogP contribution in [0.3, 0.4) is 0 Å². The molecule has 0 saturated heterocycles. The van der Waals surface area contributed by atoms with Crippen LogP contribution in [0.1, 0.15) is 29.4 Å². The van der Waals surface area contributed by atoms with E-state index in [1.54, 1.807) is 13.2 Å². The molecule has 0 fully saturated rings. The molecule has 0 spiro atoms. The van der Waals surface area contributed by atoms with Crippen LogP contribution in [0.25, 0.3) is 0 Å². The molecule has 0 saturated carbocycles. The number of pyridine rings is 1. The normalized spacial score (nSPS) is 20.4. The number of ether oxygens (including phenoxy) is 1. The Labute approximate surface area is 83.1 Å². The van der Waals surface area contributed by atoms with Crippen molar-refractivity contribution in [2.75, 3.05) is 7.11 Å². The number of fused-ring (bicyclic) bond motifs is 1. The van der Waals surface area contributed by atoms with Crippen molar-refractivity contribution in [2.45, 2.75) is 19.8 Å². The van der Waals surface area contributed by atoms with E-state index in [0.717, 1.165) is 24.1 Å². The lowest BCUT2D eigenvalue weighted by Gasteiger charge is -2.19. The van der Waals surface area contributed by atoms with Crippen LogP contribution in [-0.2, 0) is 6.42 Å². The van der Waals surface area contributed by atoms with E-state index in [1.165, 1.54) is 0 Å². The smallest absolute Gasteiger partial charge is 0.213 e.